The molecule has 0 aliphatic heterocycles. The van der Waals surface area contributed by atoms with Crippen LogP contribution in [0.5, 0.6) is 0 Å². The molecular formula is C22H33N3O2S. The van der Waals surface area contributed by atoms with Crippen molar-refractivity contribution >= 4 is 9.84 Å². The number of nitrogens with zero attached hydrogens (tertiary/aromatic N) is 3. The lowest BCUT2D eigenvalue weighted by Crippen LogP contribution is -2.28. The molecule has 1 aromatic heterocycles. The maximum Gasteiger partial charge on any atom is 0.228 e. The molecule has 6 heteroatoms. The average molecular weight is 404 g/mol. The maximum atomic E-state index is 12.9. The first-order chi connectivity index (χ1) is 13.4. The Morgan fingerprint density at radius 1 is 1.21 bits per heavy atom. The van der Waals surface area contributed by atoms with Crippen molar-refractivity contribution in [2.24, 2.45) is 5.92 Å². The van der Waals surface area contributed by atoms with Gasteiger partial charge in [0.05, 0.1) is 17.1 Å². The summed E-state index contributed by atoms with van der Waals surface area (Å²) in [6.45, 7) is 9.17. The van der Waals surface area contributed by atoms with Crippen LogP contribution in [-0.4, -0.2) is 41.2 Å². The van der Waals surface area contributed by atoms with Gasteiger partial charge in [0.15, 0.2) is 0 Å². The number of aromatic nitrogens is 2. The summed E-state index contributed by atoms with van der Waals surface area (Å²) in [5, 5.41) is -0.257. The first-order valence-electron chi connectivity index (χ1n) is 10.5. The third-order valence-corrected chi connectivity index (χ3v) is 7.46. The monoisotopic (exact) mass is 403 g/mol. The van der Waals surface area contributed by atoms with Gasteiger partial charge in [-0.15, -0.1) is 0 Å². The molecule has 0 N–H and O–H groups in total. The number of benzene rings is 1. The number of imidazole rings is 1. The van der Waals surface area contributed by atoms with E-state index in [0.29, 0.717) is 6.54 Å². The Balaban J connectivity index is 1.86. The van der Waals surface area contributed by atoms with Gasteiger partial charge in [-0.1, -0.05) is 37.3 Å². The molecule has 1 aromatic carbocycles. The summed E-state index contributed by atoms with van der Waals surface area (Å²) >= 11 is 0. The van der Waals surface area contributed by atoms with Gasteiger partial charge >= 0.3 is 0 Å². The second-order valence-electron chi connectivity index (χ2n) is 8.19. The molecule has 154 valence electrons. The summed E-state index contributed by atoms with van der Waals surface area (Å²) in [6, 6.07) is 10.2. The van der Waals surface area contributed by atoms with Gasteiger partial charge in [0.1, 0.15) is 0 Å². The van der Waals surface area contributed by atoms with Crippen LogP contribution in [0.4, 0.5) is 0 Å². The molecule has 0 unspecified atom stereocenters. The number of hydrogen-bond donors (Lipinski definition) is 0. The Kier molecular flexibility index (Phi) is 6.94. The average Bonchev–Trinajstić information content (AvgIpc) is 3.39. The molecule has 0 bridgehead atoms. The molecule has 0 amide bonds. The van der Waals surface area contributed by atoms with Crippen molar-refractivity contribution in [3.8, 4) is 0 Å². The summed E-state index contributed by atoms with van der Waals surface area (Å²) < 4.78 is 27.7. The lowest BCUT2D eigenvalue weighted by Gasteiger charge is -2.23. The van der Waals surface area contributed by atoms with Crippen LogP contribution >= 0.6 is 0 Å². The standard InChI is InChI=1S/C22H33N3O2S/c1-4-13-24(16-20-10-11-20)17-21-15-23-22(28(26,27)18(2)3)25(21)14-12-19-8-6-5-7-9-19/h5-9,15,18,20H,4,10-14,16-17H2,1-3H3. The molecule has 3 rings (SSSR count). The molecule has 1 saturated carbocycles. The van der Waals surface area contributed by atoms with Gasteiger partial charge in [0.25, 0.3) is 0 Å². The second kappa shape index (κ2) is 9.23. The van der Waals surface area contributed by atoms with Crippen molar-refractivity contribution in [2.75, 3.05) is 13.1 Å². The minimum absolute atomic E-state index is 0.219. The Morgan fingerprint density at radius 3 is 2.54 bits per heavy atom. The van der Waals surface area contributed by atoms with E-state index in [1.54, 1.807) is 20.0 Å². The first-order valence-corrected chi connectivity index (χ1v) is 12.0. The van der Waals surface area contributed by atoms with Crippen LogP contribution in [0.25, 0.3) is 0 Å². The van der Waals surface area contributed by atoms with Crippen molar-refractivity contribution in [3.63, 3.8) is 0 Å². The number of aryl methyl sites for hydroxylation is 1. The molecule has 0 spiro atoms. The predicted octanol–water partition coefficient (Wildman–Crippen LogP) is 3.93. The quantitative estimate of drug-likeness (QED) is 0.570. The van der Waals surface area contributed by atoms with Crippen LogP contribution in [0.15, 0.2) is 41.7 Å². The van der Waals surface area contributed by atoms with E-state index in [0.717, 1.165) is 44.1 Å². The molecule has 1 heterocycles. The number of rotatable bonds is 11. The lowest BCUT2D eigenvalue weighted by atomic mass is 10.1. The van der Waals surface area contributed by atoms with E-state index in [1.165, 1.54) is 18.4 Å². The van der Waals surface area contributed by atoms with E-state index in [9.17, 15) is 8.42 Å². The summed E-state index contributed by atoms with van der Waals surface area (Å²) in [5.74, 6) is 0.811. The molecule has 5 nitrogen and oxygen atoms in total. The Hall–Kier alpha value is -1.66. The van der Waals surface area contributed by atoms with Gasteiger partial charge in [-0.05, 0) is 57.6 Å². The highest BCUT2D eigenvalue weighted by Gasteiger charge is 2.28. The normalized spacial score (nSPS) is 14.9. The molecule has 1 aliphatic carbocycles. The highest BCUT2D eigenvalue weighted by molar-refractivity contribution is 7.91. The number of hydrogen-bond acceptors (Lipinski definition) is 4. The van der Waals surface area contributed by atoms with E-state index in [-0.39, 0.29) is 5.16 Å². The third kappa shape index (κ3) is 5.23. The zero-order valence-electron chi connectivity index (χ0n) is 17.3. The summed E-state index contributed by atoms with van der Waals surface area (Å²) in [6.07, 6.45) is 6.31. The fraction of sp³-hybridized carbons (Fsp3) is 0.591. The smallest absolute Gasteiger partial charge is 0.228 e. The topological polar surface area (TPSA) is 55.2 Å². The second-order valence-corrected chi connectivity index (χ2v) is 10.6. The van der Waals surface area contributed by atoms with Crippen molar-refractivity contribution in [1.82, 2.24) is 14.5 Å². The van der Waals surface area contributed by atoms with Gasteiger partial charge in [0, 0.05) is 19.6 Å². The van der Waals surface area contributed by atoms with Gasteiger partial charge in [-0.25, -0.2) is 13.4 Å². The molecule has 28 heavy (non-hydrogen) atoms. The molecule has 0 atom stereocenters. The summed E-state index contributed by atoms with van der Waals surface area (Å²) in [4.78, 5) is 6.84. The minimum Gasteiger partial charge on any atom is -0.317 e. The van der Waals surface area contributed by atoms with Crippen LogP contribution in [0.3, 0.4) is 0 Å². The van der Waals surface area contributed by atoms with Gasteiger partial charge in [-0.2, -0.15) is 0 Å². The van der Waals surface area contributed by atoms with Crippen molar-refractivity contribution in [3.05, 3.63) is 47.8 Å². The fourth-order valence-corrected chi connectivity index (χ4v) is 4.66. The van der Waals surface area contributed by atoms with Gasteiger partial charge in [0.2, 0.25) is 15.0 Å². The Bertz CT molecular complexity index is 855. The SMILES string of the molecule is CCCN(Cc1cnc(S(=O)(=O)C(C)C)n1CCc1ccccc1)CC1CC1. The minimum atomic E-state index is -3.42. The Labute approximate surface area is 169 Å². The van der Waals surface area contributed by atoms with Crippen LogP contribution in [0, 0.1) is 5.92 Å². The van der Waals surface area contributed by atoms with Crippen LogP contribution < -0.4 is 0 Å². The molecule has 1 fully saturated rings. The molecule has 2 aromatic rings. The lowest BCUT2D eigenvalue weighted by molar-refractivity contribution is 0.247. The van der Waals surface area contributed by atoms with E-state index >= 15 is 0 Å². The first kappa shape index (κ1) is 21.1. The zero-order chi connectivity index (χ0) is 20.1. The van der Waals surface area contributed by atoms with Crippen molar-refractivity contribution < 1.29 is 8.42 Å². The third-order valence-electron chi connectivity index (χ3n) is 5.38. The van der Waals surface area contributed by atoms with E-state index < -0.39 is 15.1 Å². The van der Waals surface area contributed by atoms with Gasteiger partial charge in [-0.3, -0.25) is 4.90 Å². The molecule has 0 saturated heterocycles. The zero-order valence-corrected chi connectivity index (χ0v) is 18.2. The van der Waals surface area contributed by atoms with E-state index in [1.807, 2.05) is 22.8 Å². The maximum absolute atomic E-state index is 12.9. The summed E-state index contributed by atoms with van der Waals surface area (Å²) in [5.41, 5.74) is 2.21. The van der Waals surface area contributed by atoms with E-state index in [4.69, 9.17) is 0 Å². The summed E-state index contributed by atoms with van der Waals surface area (Å²) in [7, 11) is -3.42. The fourth-order valence-electron chi connectivity index (χ4n) is 3.53. The van der Waals surface area contributed by atoms with Crippen LogP contribution in [0.2, 0.25) is 0 Å². The van der Waals surface area contributed by atoms with E-state index in [2.05, 4.69) is 28.9 Å². The van der Waals surface area contributed by atoms with Gasteiger partial charge < -0.3 is 4.57 Å². The van der Waals surface area contributed by atoms with Crippen LogP contribution in [-0.2, 0) is 29.3 Å². The predicted molar refractivity (Wildman–Crippen MR) is 113 cm³/mol. The highest BCUT2D eigenvalue weighted by atomic mass is 32.2. The highest BCUT2D eigenvalue weighted by Crippen LogP contribution is 2.30. The molecule has 1 aliphatic rings. The Morgan fingerprint density at radius 2 is 1.93 bits per heavy atom. The number of sulfone groups is 1. The van der Waals surface area contributed by atoms with Crippen LogP contribution in [0.1, 0.15) is 51.3 Å². The molecular weight excluding hydrogens is 370 g/mol. The molecule has 0 radical (unpaired) electrons. The van der Waals surface area contributed by atoms with Crippen molar-refractivity contribution in [1.29, 1.82) is 0 Å². The van der Waals surface area contributed by atoms with Crippen molar-refractivity contribution in [2.45, 2.75) is 70.0 Å². The largest absolute Gasteiger partial charge is 0.317 e.